The number of nitrogens with zero attached hydrogens (tertiary/aromatic N) is 2. The van der Waals surface area contributed by atoms with E-state index in [1.165, 1.54) is 4.90 Å². The Kier molecular flexibility index (Phi) is 16.5. The monoisotopic (exact) mass is 667 g/mol. The molecule has 3 rings (SSSR count). The second kappa shape index (κ2) is 18.9. The van der Waals surface area contributed by atoms with Gasteiger partial charge < -0.3 is 31.1 Å². The van der Waals surface area contributed by atoms with Crippen molar-refractivity contribution in [2.24, 2.45) is 5.73 Å². The summed E-state index contributed by atoms with van der Waals surface area (Å²) in [5, 5.41) is 15.1. The predicted molar refractivity (Wildman–Crippen MR) is 172 cm³/mol. The summed E-state index contributed by atoms with van der Waals surface area (Å²) >= 11 is 0. The number of esters is 1. The van der Waals surface area contributed by atoms with E-state index in [9.17, 15) is 29.1 Å². The van der Waals surface area contributed by atoms with Crippen molar-refractivity contribution < 1.29 is 33.8 Å². The molecule has 0 spiro atoms. The fourth-order valence-corrected chi connectivity index (χ4v) is 4.82. The normalized spacial score (nSPS) is 16.5. The molecule has 1 fully saturated rings. The maximum atomic E-state index is 13.5. The molecule has 45 heavy (non-hydrogen) atoms. The zero-order valence-electron chi connectivity index (χ0n) is 25.5. The van der Waals surface area contributed by atoms with Gasteiger partial charge in [-0.2, -0.15) is 0 Å². The highest BCUT2D eigenvalue weighted by Gasteiger charge is 2.41. The van der Waals surface area contributed by atoms with Crippen LogP contribution in [0.4, 0.5) is 0 Å². The number of hydrogen-bond donors (Lipinski definition) is 4. The number of ether oxygens (including phenoxy) is 1. The number of carboxylic acids is 1. The number of nitrogens with one attached hydrogen (secondary N) is 2. The number of aliphatic carboxylic acids is 1. The lowest BCUT2D eigenvalue weighted by molar-refractivity contribution is -0.149. The van der Waals surface area contributed by atoms with Gasteiger partial charge in [-0.3, -0.25) is 19.4 Å². The minimum Gasteiger partial charge on any atom is -0.480 e. The Morgan fingerprint density at radius 2 is 1.78 bits per heavy atom. The lowest BCUT2D eigenvalue weighted by Crippen LogP contribution is -2.63. The molecule has 248 valence electrons. The van der Waals surface area contributed by atoms with Gasteiger partial charge in [0.25, 0.3) is 0 Å². The number of benzene rings is 1. The van der Waals surface area contributed by atoms with Crippen LogP contribution < -0.4 is 16.4 Å². The minimum atomic E-state index is -1.39. The van der Waals surface area contributed by atoms with Crippen LogP contribution in [-0.2, 0) is 30.3 Å². The van der Waals surface area contributed by atoms with Crippen molar-refractivity contribution in [1.29, 1.82) is 0 Å². The molecule has 1 aromatic carbocycles. The number of likely N-dealkylation sites (tertiary alicyclic amines) is 1. The lowest BCUT2D eigenvalue weighted by Gasteiger charge is -2.33. The van der Waals surface area contributed by atoms with Gasteiger partial charge in [-0.15, -0.1) is 24.8 Å². The van der Waals surface area contributed by atoms with Gasteiger partial charge in [-0.25, -0.2) is 9.59 Å². The highest BCUT2D eigenvalue weighted by atomic mass is 35.5. The number of carbonyl (C=O) groups excluding carboxylic acids is 4. The Bertz CT molecular complexity index is 1270. The highest BCUT2D eigenvalue weighted by molar-refractivity contribution is 5.96. The molecule has 1 aliphatic heterocycles. The third-order valence-electron chi connectivity index (χ3n) is 7.66. The van der Waals surface area contributed by atoms with E-state index in [4.69, 9.17) is 10.5 Å². The summed E-state index contributed by atoms with van der Waals surface area (Å²) in [4.78, 5) is 69.4. The molecule has 0 bridgehead atoms. The molecule has 0 saturated carbocycles. The average Bonchev–Trinajstić information content (AvgIpc) is 3.51. The van der Waals surface area contributed by atoms with Gasteiger partial charge in [-0.05, 0) is 69.7 Å². The first kappa shape index (κ1) is 39.3. The smallest absolute Gasteiger partial charge is 0.338 e. The third kappa shape index (κ3) is 11.3. The minimum absolute atomic E-state index is 0. The molecule has 3 amide bonds. The number of aromatic nitrogens is 1. The van der Waals surface area contributed by atoms with Gasteiger partial charge in [0.1, 0.15) is 17.6 Å². The maximum Gasteiger partial charge on any atom is 0.338 e. The average molecular weight is 669 g/mol. The number of carboxylic acid groups (broad SMARTS) is 1. The van der Waals surface area contributed by atoms with Gasteiger partial charge in [-0.1, -0.05) is 31.2 Å². The summed E-state index contributed by atoms with van der Waals surface area (Å²) in [5.41, 5.74) is 5.73. The van der Waals surface area contributed by atoms with Crippen molar-refractivity contribution in [3.63, 3.8) is 0 Å². The summed E-state index contributed by atoms with van der Waals surface area (Å²) in [6, 6.07) is 10.9. The number of halogens is 2. The number of rotatable bonds is 15. The van der Waals surface area contributed by atoms with Crippen molar-refractivity contribution in [2.75, 3.05) is 13.2 Å². The van der Waals surface area contributed by atoms with Crippen LogP contribution in [0.25, 0.3) is 0 Å². The first-order chi connectivity index (χ1) is 20.6. The molecular formula is C31H43Cl2N5O7. The summed E-state index contributed by atoms with van der Waals surface area (Å²) in [5.74, 6) is -3.15. The van der Waals surface area contributed by atoms with Gasteiger partial charge in [0.2, 0.25) is 17.7 Å². The molecule has 2 aromatic rings. The van der Waals surface area contributed by atoms with Crippen LogP contribution in [0.2, 0.25) is 0 Å². The first-order valence-corrected chi connectivity index (χ1v) is 14.6. The third-order valence-corrected chi connectivity index (χ3v) is 7.66. The van der Waals surface area contributed by atoms with Crippen LogP contribution in [0.1, 0.15) is 68.4 Å². The Hall–Kier alpha value is -3.74. The lowest BCUT2D eigenvalue weighted by atomic mass is 9.95. The van der Waals surface area contributed by atoms with Crippen molar-refractivity contribution in [3.05, 3.63) is 66.0 Å². The van der Waals surface area contributed by atoms with Crippen molar-refractivity contribution in [3.8, 4) is 0 Å². The summed E-state index contributed by atoms with van der Waals surface area (Å²) in [6.45, 7) is 3.73. The summed E-state index contributed by atoms with van der Waals surface area (Å²) in [6.07, 6.45) is 4.05. The maximum absolute atomic E-state index is 13.5. The van der Waals surface area contributed by atoms with Crippen LogP contribution in [-0.4, -0.2) is 81.5 Å². The number of unbranched alkanes of at least 4 members (excludes halogenated alkanes) is 1. The van der Waals surface area contributed by atoms with Crippen molar-refractivity contribution in [2.45, 2.75) is 82.5 Å². The molecule has 2 heterocycles. The topological polar surface area (TPSA) is 181 Å². The van der Waals surface area contributed by atoms with Gasteiger partial charge in [0.05, 0.1) is 18.2 Å². The highest BCUT2D eigenvalue weighted by Crippen LogP contribution is 2.20. The van der Waals surface area contributed by atoms with Crippen LogP contribution in [0, 0.1) is 0 Å². The fraction of sp³-hybridized carbons (Fsp3) is 0.484. The molecule has 1 aromatic heterocycles. The first-order valence-electron chi connectivity index (χ1n) is 14.6. The number of pyridine rings is 1. The van der Waals surface area contributed by atoms with E-state index in [-0.39, 0.29) is 50.8 Å². The second-order valence-electron chi connectivity index (χ2n) is 10.9. The predicted octanol–water partition coefficient (Wildman–Crippen LogP) is 2.67. The van der Waals surface area contributed by atoms with Crippen LogP contribution in [0.5, 0.6) is 0 Å². The Morgan fingerprint density at radius 1 is 1.09 bits per heavy atom. The van der Waals surface area contributed by atoms with E-state index in [0.717, 1.165) is 0 Å². The zero-order chi connectivity index (χ0) is 31.4. The molecular weight excluding hydrogens is 625 g/mol. The van der Waals surface area contributed by atoms with Crippen molar-refractivity contribution >= 4 is 54.5 Å². The Morgan fingerprint density at radius 3 is 2.40 bits per heavy atom. The fourth-order valence-electron chi connectivity index (χ4n) is 4.82. The molecule has 1 saturated heterocycles. The van der Waals surface area contributed by atoms with E-state index in [2.05, 4.69) is 15.6 Å². The zero-order valence-corrected chi connectivity index (χ0v) is 27.1. The number of hydrogen-bond acceptors (Lipinski definition) is 8. The van der Waals surface area contributed by atoms with Crippen LogP contribution in [0.15, 0.2) is 54.7 Å². The quantitative estimate of drug-likeness (QED) is 0.164. The van der Waals surface area contributed by atoms with Gasteiger partial charge in [0, 0.05) is 24.9 Å². The van der Waals surface area contributed by atoms with Crippen LogP contribution >= 0.6 is 24.8 Å². The molecule has 0 aliphatic carbocycles. The standard InChI is InChI=1S/C31H41N5O7.2ClH/c1-3-31(2,35-26(37)23(32)15-8-10-19-43-29(41)21-12-5-4-6-13-21)30(42)34-24(20-22-14-7-9-17-33-22)27(38)36-18-11-16-25(36)28(39)40;;/h4-7,9,12-14,17,23-25H,3,8,10-11,15-16,18-20,32H2,1-2H3,(H,34,42)(H,35,37)(H,39,40);2*1H/t23-,24?,25+,31-;;/m0../s1. The van der Waals surface area contributed by atoms with E-state index in [1.54, 1.807) is 62.5 Å². The summed E-state index contributed by atoms with van der Waals surface area (Å²) in [7, 11) is 0. The Labute approximate surface area is 275 Å². The van der Waals surface area contributed by atoms with Gasteiger partial charge >= 0.3 is 11.9 Å². The molecule has 5 N–H and O–H groups in total. The van der Waals surface area contributed by atoms with Gasteiger partial charge in [0.15, 0.2) is 0 Å². The molecule has 0 radical (unpaired) electrons. The SMILES string of the molecule is CC[C@](C)(NC(=O)[C@@H](N)CCCCOC(=O)c1ccccc1)C(=O)NC(Cc1ccccn1)C(=O)N1CCC[C@@H]1C(=O)O.Cl.Cl. The molecule has 12 nitrogen and oxygen atoms in total. The van der Waals surface area contributed by atoms with Crippen LogP contribution in [0.3, 0.4) is 0 Å². The van der Waals surface area contributed by atoms with E-state index in [1.807, 2.05) is 6.07 Å². The van der Waals surface area contributed by atoms with E-state index in [0.29, 0.717) is 43.4 Å². The largest absolute Gasteiger partial charge is 0.480 e. The molecule has 4 atom stereocenters. The summed E-state index contributed by atoms with van der Waals surface area (Å²) < 4.78 is 5.25. The number of nitrogens with two attached hydrogens (primary N) is 1. The van der Waals surface area contributed by atoms with Crippen molar-refractivity contribution in [1.82, 2.24) is 20.5 Å². The number of amides is 3. The molecule has 1 unspecified atom stereocenters. The van der Waals surface area contributed by atoms with E-state index >= 15 is 0 Å². The Balaban J connectivity index is 0.00000506. The second-order valence-corrected chi connectivity index (χ2v) is 10.9. The number of carbonyl (C=O) groups is 5. The van der Waals surface area contributed by atoms with E-state index < -0.39 is 53.3 Å². The molecule has 14 heteroatoms. The molecule has 1 aliphatic rings.